The van der Waals surface area contributed by atoms with Gasteiger partial charge in [0.05, 0.1) is 28.2 Å². The maximum Gasteiger partial charge on any atom is 0.325 e. The van der Waals surface area contributed by atoms with Gasteiger partial charge in [-0.2, -0.15) is 4.31 Å². The Kier molecular flexibility index (Phi) is 4.34. The molecule has 2 aromatic rings. The van der Waals surface area contributed by atoms with Crippen molar-refractivity contribution in [1.82, 2.24) is 9.29 Å². The van der Waals surface area contributed by atoms with E-state index in [1.807, 2.05) is 0 Å². The van der Waals surface area contributed by atoms with E-state index in [1.165, 1.54) is 36.3 Å². The number of ether oxygens (including phenoxy) is 1. The summed E-state index contributed by atoms with van der Waals surface area (Å²) in [7, 11) is -2.71. The third-order valence-electron chi connectivity index (χ3n) is 3.29. The Morgan fingerprint density at radius 1 is 1.50 bits per heavy atom. The molecule has 0 N–H and O–H groups in total. The maximum absolute atomic E-state index is 13.0. The Balaban J connectivity index is 2.14. The molecule has 2 heterocycles. The lowest BCUT2D eigenvalue weighted by molar-refractivity contribution is -0.143. The molecule has 0 unspecified atom stereocenters. The minimum Gasteiger partial charge on any atom is -0.468 e. The van der Waals surface area contributed by atoms with Gasteiger partial charge < -0.3 is 4.74 Å². The number of nitrogens with zero attached hydrogens (tertiary/aromatic N) is 2. The largest absolute Gasteiger partial charge is 0.468 e. The fourth-order valence-corrected chi connectivity index (χ4v) is 6.75. The minimum atomic E-state index is -3.95. The number of aromatic nitrogens is 1. The van der Waals surface area contributed by atoms with Crippen LogP contribution in [0, 0.1) is 0 Å². The summed E-state index contributed by atoms with van der Waals surface area (Å²) in [5.41, 5.74) is 1.90. The first-order valence-electron chi connectivity index (χ1n) is 6.16. The Bertz CT molecular complexity index is 836. The molecule has 3 rings (SSSR count). The summed E-state index contributed by atoms with van der Waals surface area (Å²) in [5.74, 6) is -0.0367. The van der Waals surface area contributed by atoms with Gasteiger partial charge >= 0.3 is 5.97 Å². The molecule has 0 radical (unpaired) electrons. The van der Waals surface area contributed by atoms with Gasteiger partial charge in [-0.25, -0.2) is 13.4 Å². The fourth-order valence-electron chi connectivity index (χ4n) is 2.23. The predicted octanol–water partition coefficient (Wildman–Crippen LogP) is 2.19. The van der Waals surface area contributed by atoms with Crippen LogP contribution in [0.5, 0.6) is 0 Å². The molecule has 6 nitrogen and oxygen atoms in total. The summed E-state index contributed by atoms with van der Waals surface area (Å²) >= 11 is 8.80. The highest BCUT2D eigenvalue weighted by Crippen LogP contribution is 2.36. The van der Waals surface area contributed by atoms with Crippen molar-refractivity contribution in [1.29, 1.82) is 0 Å². The van der Waals surface area contributed by atoms with Crippen molar-refractivity contribution in [3.8, 4) is 0 Å². The zero-order valence-electron chi connectivity index (χ0n) is 11.4. The van der Waals surface area contributed by atoms with E-state index >= 15 is 0 Å². The topological polar surface area (TPSA) is 76.6 Å². The van der Waals surface area contributed by atoms with Crippen molar-refractivity contribution >= 4 is 60.9 Å². The first kappa shape index (κ1) is 16.0. The van der Waals surface area contributed by atoms with Crippen LogP contribution in [0.1, 0.15) is 0 Å². The van der Waals surface area contributed by atoms with E-state index in [9.17, 15) is 13.2 Å². The van der Waals surface area contributed by atoms with Gasteiger partial charge in [0.25, 0.3) is 0 Å². The standard InChI is InChI=1S/C12H11ClN2O4S3/c1-19-12(16)8-4-20-6-15(8)22(17,18)11-7(13)2-3-9-10(11)14-5-21-9/h2-3,5,8H,4,6H2,1H3/t8-/m0/s1. The first-order valence-corrected chi connectivity index (χ1v) is 10.0. The summed E-state index contributed by atoms with van der Waals surface area (Å²) in [5, 5.41) is 0.0962. The number of hydrogen-bond donors (Lipinski definition) is 0. The van der Waals surface area contributed by atoms with Crippen LogP contribution in [-0.4, -0.2) is 48.5 Å². The predicted molar refractivity (Wildman–Crippen MR) is 86.8 cm³/mol. The second-order valence-corrected chi connectivity index (χ2v) is 8.63. The van der Waals surface area contributed by atoms with E-state index in [2.05, 4.69) is 4.98 Å². The molecule has 118 valence electrons. The van der Waals surface area contributed by atoms with E-state index < -0.39 is 22.0 Å². The smallest absolute Gasteiger partial charge is 0.325 e. The van der Waals surface area contributed by atoms with E-state index in [0.717, 1.165) is 9.01 Å². The molecule has 1 aromatic carbocycles. The van der Waals surface area contributed by atoms with Crippen LogP contribution in [-0.2, 0) is 19.6 Å². The number of benzene rings is 1. The molecule has 0 aliphatic carbocycles. The van der Waals surface area contributed by atoms with Crippen LogP contribution >= 0.6 is 34.7 Å². The monoisotopic (exact) mass is 378 g/mol. The Morgan fingerprint density at radius 2 is 2.27 bits per heavy atom. The Labute approximate surface area is 140 Å². The number of fused-ring (bicyclic) bond motifs is 1. The molecule has 0 amide bonds. The van der Waals surface area contributed by atoms with Gasteiger partial charge in [0, 0.05) is 5.75 Å². The third-order valence-corrected chi connectivity index (χ3v) is 7.62. The van der Waals surface area contributed by atoms with Crippen LogP contribution in [0.4, 0.5) is 0 Å². The molecule has 1 fully saturated rings. The number of esters is 1. The number of carbonyl (C=O) groups is 1. The molecular weight excluding hydrogens is 368 g/mol. The summed E-state index contributed by atoms with van der Waals surface area (Å²) in [6.07, 6.45) is 0. The number of thiazole rings is 1. The van der Waals surface area contributed by atoms with Crippen LogP contribution < -0.4 is 0 Å². The molecule has 0 saturated carbocycles. The van der Waals surface area contributed by atoms with Crippen molar-refractivity contribution in [2.75, 3.05) is 18.7 Å². The van der Waals surface area contributed by atoms with Gasteiger partial charge in [-0.1, -0.05) is 11.6 Å². The second-order valence-electron chi connectivity index (χ2n) is 4.51. The third kappa shape index (κ3) is 2.50. The van der Waals surface area contributed by atoms with Crippen molar-refractivity contribution in [3.05, 3.63) is 22.7 Å². The quantitative estimate of drug-likeness (QED) is 0.762. The number of halogens is 1. The summed E-state index contributed by atoms with van der Waals surface area (Å²) in [6, 6.07) is 2.42. The lowest BCUT2D eigenvalue weighted by Gasteiger charge is -2.21. The number of sulfonamides is 1. The maximum atomic E-state index is 13.0. The highest BCUT2D eigenvalue weighted by Gasteiger charge is 2.42. The van der Waals surface area contributed by atoms with Gasteiger partial charge in [-0.15, -0.1) is 23.1 Å². The highest BCUT2D eigenvalue weighted by molar-refractivity contribution is 8.00. The van der Waals surface area contributed by atoms with E-state index in [4.69, 9.17) is 16.3 Å². The summed E-state index contributed by atoms with van der Waals surface area (Å²) in [4.78, 5) is 15.9. The number of rotatable bonds is 3. The molecule has 1 aliphatic heterocycles. The zero-order valence-corrected chi connectivity index (χ0v) is 14.6. The number of hydrogen-bond acceptors (Lipinski definition) is 7. The summed E-state index contributed by atoms with van der Waals surface area (Å²) in [6.45, 7) is 0. The summed E-state index contributed by atoms with van der Waals surface area (Å²) < 4.78 is 32.5. The van der Waals surface area contributed by atoms with Crippen LogP contribution in [0.25, 0.3) is 10.2 Å². The van der Waals surface area contributed by atoms with Crippen molar-refractivity contribution in [2.24, 2.45) is 0 Å². The average molecular weight is 379 g/mol. The van der Waals surface area contributed by atoms with Gasteiger partial charge in [0.2, 0.25) is 10.0 Å². The average Bonchev–Trinajstić information content (AvgIpc) is 3.14. The zero-order chi connectivity index (χ0) is 15.9. The molecule has 1 aromatic heterocycles. The van der Waals surface area contributed by atoms with E-state index in [1.54, 1.807) is 11.6 Å². The lowest BCUT2D eigenvalue weighted by atomic mass is 10.3. The van der Waals surface area contributed by atoms with Gasteiger partial charge in [-0.3, -0.25) is 4.79 Å². The number of methoxy groups -OCH3 is 1. The van der Waals surface area contributed by atoms with Gasteiger partial charge in [0.1, 0.15) is 16.5 Å². The normalized spacial score (nSPS) is 19.6. The van der Waals surface area contributed by atoms with E-state index in [-0.39, 0.29) is 15.8 Å². The number of thioether (sulfide) groups is 1. The second kappa shape index (κ2) is 5.97. The lowest BCUT2D eigenvalue weighted by Crippen LogP contribution is -2.42. The van der Waals surface area contributed by atoms with E-state index in [0.29, 0.717) is 11.3 Å². The molecule has 1 aliphatic rings. The van der Waals surface area contributed by atoms with Gasteiger partial charge in [0.15, 0.2) is 0 Å². The Morgan fingerprint density at radius 3 is 3.00 bits per heavy atom. The SMILES string of the molecule is COC(=O)[C@@H]1CSCN1S(=O)(=O)c1c(Cl)ccc2scnc12. The minimum absolute atomic E-state index is 0.0516. The van der Waals surface area contributed by atoms with Crippen molar-refractivity contribution in [2.45, 2.75) is 10.9 Å². The van der Waals surface area contributed by atoms with Crippen LogP contribution in [0.3, 0.4) is 0 Å². The highest BCUT2D eigenvalue weighted by atomic mass is 35.5. The van der Waals surface area contributed by atoms with Crippen molar-refractivity contribution in [3.63, 3.8) is 0 Å². The fraction of sp³-hybridized carbons (Fsp3) is 0.333. The molecular formula is C12H11ClN2O4S3. The molecule has 10 heteroatoms. The van der Waals surface area contributed by atoms with Crippen LogP contribution in [0.2, 0.25) is 5.02 Å². The molecule has 1 saturated heterocycles. The van der Waals surface area contributed by atoms with Crippen molar-refractivity contribution < 1.29 is 17.9 Å². The molecule has 22 heavy (non-hydrogen) atoms. The van der Waals surface area contributed by atoms with Gasteiger partial charge in [-0.05, 0) is 12.1 Å². The molecule has 0 spiro atoms. The first-order chi connectivity index (χ1) is 10.5. The molecule has 0 bridgehead atoms. The van der Waals surface area contributed by atoms with Crippen LogP contribution in [0.15, 0.2) is 22.5 Å². The molecule has 1 atom stereocenters. The number of carbonyl (C=O) groups excluding carboxylic acids is 1. The Hall–Kier alpha value is -0.870.